The topological polar surface area (TPSA) is 101 Å². The molecule has 0 spiro atoms. The lowest BCUT2D eigenvalue weighted by Crippen LogP contribution is -2.29. The first-order valence-electron chi connectivity index (χ1n) is 11.2. The number of hydrogen-bond donors (Lipinski definition) is 1. The average Bonchev–Trinajstić information content (AvgIpc) is 3.42. The molecule has 3 unspecified atom stereocenters. The number of nitrogens with one attached hydrogen (secondary N) is 1. The number of amides is 1. The molecule has 1 saturated carbocycles. The third kappa shape index (κ3) is 5.96. The van der Waals surface area contributed by atoms with Crippen LogP contribution in [0.25, 0.3) is 0 Å². The molecule has 0 bridgehead atoms. The second-order valence-corrected chi connectivity index (χ2v) is 9.53. The zero-order valence-corrected chi connectivity index (χ0v) is 19.8. The Hall–Kier alpha value is -3.24. The Morgan fingerprint density at radius 2 is 1.97 bits per heavy atom. The van der Waals surface area contributed by atoms with Crippen molar-refractivity contribution in [2.45, 2.75) is 65.1 Å². The van der Waals surface area contributed by atoms with Gasteiger partial charge in [0.1, 0.15) is 23.1 Å². The molecule has 0 saturated heterocycles. The third-order valence-corrected chi connectivity index (χ3v) is 5.71. The van der Waals surface area contributed by atoms with E-state index in [0.29, 0.717) is 42.1 Å². The number of rotatable bonds is 8. The van der Waals surface area contributed by atoms with Crippen LogP contribution in [0.5, 0.6) is 0 Å². The minimum atomic E-state index is -0.651. The maximum atomic E-state index is 13.8. The van der Waals surface area contributed by atoms with E-state index in [4.69, 9.17) is 9.47 Å². The van der Waals surface area contributed by atoms with E-state index in [0.717, 1.165) is 0 Å². The van der Waals surface area contributed by atoms with Crippen molar-refractivity contribution >= 4 is 17.6 Å². The number of hydrogen-bond acceptors (Lipinski definition) is 6. The molecule has 1 amide bonds. The van der Waals surface area contributed by atoms with E-state index in [9.17, 15) is 14.9 Å². The van der Waals surface area contributed by atoms with Crippen molar-refractivity contribution < 1.29 is 19.1 Å². The highest BCUT2D eigenvalue weighted by Gasteiger charge is 2.58. The third-order valence-electron chi connectivity index (χ3n) is 5.71. The van der Waals surface area contributed by atoms with Crippen molar-refractivity contribution in [3.05, 3.63) is 59.4 Å². The van der Waals surface area contributed by atoms with Crippen molar-refractivity contribution in [1.29, 1.82) is 5.26 Å². The van der Waals surface area contributed by atoms with E-state index in [1.54, 1.807) is 51.1 Å². The Kier molecular flexibility index (Phi) is 7.19. The van der Waals surface area contributed by atoms with Gasteiger partial charge in [0.15, 0.2) is 0 Å². The van der Waals surface area contributed by atoms with Crippen molar-refractivity contribution in [2.24, 2.45) is 5.41 Å². The summed E-state index contributed by atoms with van der Waals surface area (Å²) in [6.07, 6.45) is 0.247. The predicted octanol–water partition coefficient (Wildman–Crippen LogP) is 5.01. The van der Waals surface area contributed by atoms with E-state index in [1.165, 1.54) is 0 Å². The molecular formula is C26H31N3O4. The molecule has 1 aliphatic carbocycles. The van der Waals surface area contributed by atoms with Crippen LogP contribution in [0.2, 0.25) is 0 Å². The molecule has 1 N–H and O–H groups in total. The van der Waals surface area contributed by atoms with Crippen LogP contribution in [0.3, 0.4) is 0 Å². The summed E-state index contributed by atoms with van der Waals surface area (Å²) in [7, 11) is 0. The lowest BCUT2D eigenvalue weighted by atomic mass is 9.82. The summed E-state index contributed by atoms with van der Waals surface area (Å²) in [6.45, 7) is 9.76. The van der Waals surface area contributed by atoms with Gasteiger partial charge in [0.25, 0.3) is 0 Å². The van der Waals surface area contributed by atoms with Crippen molar-refractivity contribution in [1.82, 2.24) is 4.98 Å². The van der Waals surface area contributed by atoms with Crippen LogP contribution in [0, 0.1) is 16.7 Å². The summed E-state index contributed by atoms with van der Waals surface area (Å²) in [5.41, 5.74) is 0.870. The summed E-state index contributed by atoms with van der Waals surface area (Å²) < 4.78 is 11.2. The smallest absolute Gasteiger partial charge is 0.412 e. The standard InChI is InChI=1S/C26H31N3O4/c1-6-32-22-15-26(22,5)23(30)20(14-17-10-9-11-18(16-27)28-17)19-12-7-8-13-21(19)29-24(31)33-25(2,3)4/h7-13,20,22H,6,14-15H2,1-5H3,(H,29,31). The molecule has 174 valence electrons. The number of anilines is 1. The fraction of sp³-hybridized carbons (Fsp3) is 0.462. The quantitative estimate of drug-likeness (QED) is 0.608. The number of nitriles is 1. The van der Waals surface area contributed by atoms with Gasteiger partial charge >= 0.3 is 6.09 Å². The van der Waals surface area contributed by atoms with Crippen molar-refractivity contribution in [3.8, 4) is 6.07 Å². The van der Waals surface area contributed by atoms with Gasteiger partial charge < -0.3 is 9.47 Å². The molecule has 0 radical (unpaired) electrons. The second kappa shape index (κ2) is 9.72. The van der Waals surface area contributed by atoms with E-state index < -0.39 is 23.0 Å². The van der Waals surface area contributed by atoms with Gasteiger partial charge in [0.05, 0.1) is 17.4 Å². The summed E-state index contributed by atoms with van der Waals surface area (Å²) in [5, 5.41) is 12.0. The minimum absolute atomic E-state index is 0.0311. The largest absolute Gasteiger partial charge is 0.444 e. The zero-order valence-electron chi connectivity index (χ0n) is 19.8. The number of Topliss-reactive ketones (excluding diaryl/α,β-unsaturated/α-hetero) is 1. The van der Waals surface area contributed by atoms with E-state index >= 15 is 0 Å². The van der Waals surface area contributed by atoms with E-state index in [2.05, 4.69) is 10.3 Å². The van der Waals surface area contributed by atoms with E-state index in [-0.39, 0.29) is 11.9 Å². The molecule has 1 aromatic carbocycles. The van der Waals surface area contributed by atoms with Gasteiger partial charge in [-0.3, -0.25) is 10.1 Å². The van der Waals surface area contributed by atoms with Crippen LogP contribution in [-0.2, 0) is 20.7 Å². The SMILES string of the molecule is CCOC1CC1(C)C(=O)C(Cc1cccc(C#N)n1)c1ccccc1NC(=O)OC(C)(C)C. The monoisotopic (exact) mass is 449 g/mol. The summed E-state index contributed by atoms with van der Waals surface area (Å²) in [4.78, 5) is 30.7. The molecular weight excluding hydrogens is 418 g/mol. The number of pyridine rings is 1. The Balaban J connectivity index is 1.97. The number of ketones is 1. The molecule has 7 heteroatoms. The molecule has 1 aliphatic rings. The number of carbonyl (C=O) groups is 2. The highest BCUT2D eigenvalue weighted by Crippen LogP contribution is 2.52. The molecule has 3 atom stereocenters. The van der Waals surface area contributed by atoms with Crippen molar-refractivity contribution in [2.75, 3.05) is 11.9 Å². The number of nitrogens with zero attached hydrogens (tertiary/aromatic N) is 2. The lowest BCUT2D eigenvalue weighted by molar-refractivity contribution is -0.126. The number of ether oxygens (including phenoxy) is 2. The van der Waals surface area contributed by atoms with Gasteiger partial charge in [-0.05, 0) is 57.9 Å². The summed E-state index contributed by atoms with van der Waals surface area (Å²) >= 11 is 0. The highest BCUT2D eigenvalue weighted by molar-refractivity contribution is 5.96. The highest BCUT2D eigenvalue weighted by atomic mass is 16.6. The van der Waals surface area contributed by atoms with Crippen LogP contribution < -0.4 is 5.32 Å². The maximum Gasteiger partial charge on any atom is 0.412 e. The first-order chi connectivity index (χ1) is 15.6. The molecule has 1 heterocycles. The molecule has 7 nitrogen and oxygen atoms in total. The minimum Gasteiger partial charge on any atom is -0.444 e. The molecule has 3 rings (SSSR count). The second-order valence-electron chi connectivity index (χ2n) is 9.53. The van der Waals surface area contributed by atoms with Gasteiger partial charge in [-0.2, -0.15) is 5.26 Å². The lowest BCUT2D eigenvalue weighted by Gasteiger charge is -2.24. The Morgan fingerprint density at radius 1 is 1.24 bits per heavy atom. The van der Waals surface area contributed by atoms with E-state index in [1.807, 2.05) is 32.0 Å². The zero-order chi connectivity index (χ0) is 24.2. The number of para-hydroxylation sites is 1. The van der Waals surface area contributed by atoms with Crippen molar-refractivity contribution in [3.63, 3.8) is 0 Å². The summed E-state index contributed by atoms with van der Waals surface area (Å²) in [6, 6.07) is 14.5. The molecule has 1 fully saturated rings. The van der Waals surface area contributed by atoms with Gasteiger partial charge in [-0.1, -0.05) is 31.2 Å². The normalized spacial score (nSPS) is 20.4. The van der Waals surface area contributed by atoms with Gasteiger partial charge in [-0.15, -0.1) is 0 Å². The van der Waals surface area contributed by atoms with Gasteiger partial charge in [0, 0.05) is 24.4 Å². The van der Waals surface area contributed by atoms with Gasteiger partial charge in [-0.25, -0.2) is 9.78 Å². The first kappa shape index (κ1) is 24.4. The number of aromatic nitrogens is 1. The molecule has 33 heavy (non-hydrogen) atoms. The van der Waals surface area contributed by atoms with Crippen LogP contribution in [0.15, 0.2) is 42.5 Å². The Bertz CT molecular complexity index is 1070. The first-order valence-corrected chi connectivity index (χ1v) is 11.2. The van der Waals surface area contributed by atoms with Gasteiger partial charge in [0.2, 0.25) is 0 Å². The van der Waals surface area contributed by atoms with Crippen LogP contribution in [0.1, 0.15) is 63.9 Å². The fourth-order valence-electron chi connectivity index (χ4n) is 3.96. The number of benzene rings is 1. The number of carbonyl (C=O) groups excluding carboxylic acids is 2. The molecule has 1 aromatic heterocycles. The average molecular weight is 450 g/mol. The summed E-state index contributed by atoms with van der Waals surface area (Å²) in [5.74, 6) is -0.545. The predicted molar refractivity (Wildman–Crippen MR) is 125 cm³/mol. The Morgan fingerprint density at radius 3 is 2.64 bits per heavy atom. The molecule has 2 aromatic rings. The van der Waals surface area contributed by atoms with Crippen LogP contribution in [-0.4, -0.2) is 35.2 Å². The van der Waals surface area contributed by atoms with Crippen LogP contribution >= 0.6 is 0 Å². The fourth-order valence-corrected chi connectivity index (χ4v) is 3.96. The van der Waals surface area contributed by atoms with Crippen LogP contribution in [0.4, 0.5) is 10.5 Å². The molecule has 0 aliphatic heterocycles. The maximum absolute atomic E-state index is 13.8. The Labute approximate surface area is 195 Å².